The molecule has 3 aliphatic rings. The number of fused-ring (bicyclic) bond motifs is 4. The van der Waals surface area contributed by atoms with E-state index in [1.807, 2.05) is 41.3 Å². The number of benzene rings is 2. The predicted molar refractivity (Wildman–Crippen MR) is 99.2 cm³/mol. The molecule has 26 heavy (non-hydrogen) atoms. The molecule has 2 aromatic carbocycles. The zero-order chi connectivity index (χ0) is 18.1. The van der Waals surface area contributed by atoms with Gasteiger partial charge < -0.3 is 4.90 Å². The van der Waals surface area contributed by atoms with Gasteiger partial charge in [-0.1, -0.05) is 36.4 Å². The van der Waals surface area contributed by atoms with E-state index in [-0.39, 0.29) is 17.9 Å². The zero-order valence-electron chi connectivity index (χ0n) is 14.5. The van der Waals surface area contributed by atoms with E-state index in [1.54, 1.807) is 28.6 Å². The Kier molecular flexibility index (Phi) is 4.54. The fourth-order valence-electron chi connectivity index (χ4n) is 3.99. The van der Waals surface area contributed by atoms with Gasteiger partial charge in [-0.25, -0.2) is 8.42 Å². The van der Waals surface area contributed by atoms with Crippen molar-refractivity contribution in [3.8, 4) is 0 Å². The lowest BCUT2D eigenvalue weighted by molar-refractivity contribution is 0.0746. The molecule has 0 saturated carbocycles. The van der Waals surface area contributed by atoms with Gasteiger partial charge in [0.1, 0.15) is 0 Å². The van der Waals surface area contributed by atoms with Gasteiger partial charge in [-0.2, -0.15) is 4.31 Å². The van der Waals surface area contributed by atoms with E-state index in [9.17, 15) is 13.2 Å². The average molecular weight is 370 g/mol. The van der Waals surface area contributed by atoms with Crippen molar-refractivity contribution in [3.63, 3.8) is 0 Å². The highest BCUT2D eigenvalue weighted by Gasteiger charge is 2.42. The fourth-order valence-corrected chi connectivity index (χ4v) is 5.73. The van der Waals surface area contributed by atoms with Gasteiger partial charge in [0.25, 0.3) is 5.91 Å². The second kappa shape index (κ2) is 6.85. The Morgan fingerprint density at radius 3 is 2.19 bits per heavy atom. The highest BCUT2D eigenvalue weighted by molar-refractivity contribution is 7.89. The number of carbonyl (C=O) groups excluding carboxylic acids is 1. The molecule has 0 unspecified atom stereocenters. The molecule has 5 rings (SSSR count). The number of hydrogen-bond acceptors (Lipinski definition) is 3. The van der Waals surface area contributed by atoms with Gasteiger partial charge in [-0.3, -0.25) is 4.79 Å². The molecule has 0 aromatic heterocycles. The molecule has 0 N–H and O–H groups in total. The van der Waals surface area contributed by atoms with Crippen LogP contribution in [0.4, 0.5) is 0 Å². The highest BCUT2D eigenvalue weighted by atomic mass is 32.2. The van der Waals surface area contributed by atoms with Crippen LogP contribution in [0.3, 0.4) is 0 Å². The molecule has 0 spiro atoms. The summed E-state index contributed by atoms with van der Waals surface area (Å²) in [5.41, 5.74) is 0.659. The van der Waals surface area contributed by atoms with Crippen molar-refractivity contribution in [1.82, 2.24) is 9.21 Å². The lowest BCUT2D eigenvalue weighted by Crippen LogP contribution is -2.47. The Bertz CT molecular complexity index is 884. The maximum Gasteiger partial charge on any atom is 0.253 e. The molecule has 3 saturated heterocycles. The molecular weight excluding hydrogens is 348 g/mol. The Balaban J connectivity index is 1.60. The van der Waals surface area contributed by atoms with E-state index in [4.69, 9.17) is 0 Å². The van der Waals surface area contributed by atoms with Gasteiger partial charge in [0.2, 0.25) is 10.0 Å². The molecule has 136 valence electrons. The summed E-state index contributed by atoms with van der Waals surface area (Å²) in [4.78, 5) is 15.0. The van der Waals surface area contributed by atoms with Crippen LogP contribution in [0.2, 0.25) is 0 Å². The number of sulfonamides is 1. The minimum Gasteiger partial charge on any atom is -0.337 e. The van der Waals surface area contributed by atoms with E-state index < -0.39 is 10.0 Å². The second-order valence-corrected chi connectivity index (χ2v) is 8.95. The first-order valence-electron chi connectivity index (χ1n) is 8.97. The third-order valence-electron chi connectivity index (χ3n) is 5.32. The van der Waals surface area contributed by atoms with Crippen LogP contribution < -0.4 is 0 Å². The molecule has 3 aliphatic heterocycles. The van der Waals surface area contributed by atoms with Crippen molar-refractivity contribution in [2.75, 3.05) is 19.6 Å². The quantitative estimate of drug-likeness (QED) is 0.834. The summed E-state index contributed by atoms with van der Waals surface area (Å²) in [6, 6.07) is 17.6. The monoisotopic (exact) mass is 370 g/mol. The first-order valence-corrected chi connectivity index (χ1v) is 10.4. The summed E-state index contributed by atoms with van der Waals surface area (Å²) in [5.74, 6) is 0.168. The molecule has 2 aromatic rings. The summed E-state index contributed by atoms with van der Waals surface area (Å²) < 4.78 is 27.8. The first-order chi connectivity index (χ1) is 12.6. The van der Waals surface area contributed by atoms with Gasteiger partial charge in [0.15, 0.2) is 0 Å². The van der Waals surface area contributed by atoms with Gasteiger partial charge in [-0.15, -0.1) is 0 Å². The van der Waals surface area contributed by atoms with Crippen molar-refractivity contribution in [1.29, 1.82) is 0 Å². The number of amides is 1. The van der Waals surface area contributed by atoms with E-state index in [0.717, 1.165) is 12.8 Å². The van der Waals surface area contributed by atoms with Crippen LogP contribution in [-0.2, 0) is 10.0 Å². The Hall–Kier alpha value is -2.18. The molecule has 3 heterocycles. The maximum absolute atomic E-state index is 13.1. The molecule has 6 heteroatoms. The van der Waals surface area contributed by atoms with Crippen molar-refractivity contribution in [2.24, 2.45) is 5.92 Å². The molecule has 1 amide bonds. The number of nitrogens with zero attached hydrogens (tertiary/aromatic N) is 2. The number of hydrogen-bond donors (Lipinski definition) is 0. The van der Waals surface area contributed by atoms with Crippen LogP contribution in [0.5, 0.6) is 0 Å². The Morgan fingerprint density at radius 2 is 1.50 bits per heavy atom. The molecule has 3 fully saturated rings. The van der Waals surface area contributed by atoms with Crippen LogP contribution in [0.15, 0.2) is 65.6 Å². The van der Waals surface area contributed by atoms with Crippen LogP contribution in [0, 0.1) is 5.92 Å². The van der Waals surface area contributed by atoms with Gasteiger partial charge in [0.05, 0.1) is 4.90 Å². The minimum absolute atomic E-state index is 0.0125. The summed E-state index contributed by atoms with van der Waals surface area (Å²) in [7, 11) is -3.53. The molecule has 5 nitrogen and oxygen atoms in total. The lowest BCUT2D eigenvalue weighted by atomic mass is 9.97. The molecule has 0 radical (unpaired) electrons. The van der Waals surface area contributed by atoms with Gasteiger partial charge >= 0.3 is 0 Å². The van der Waals surface area contributed by atoms with Crippen molar-refractivity contribution in [2.45, 2.75) is 23.8 Å². The van der Waals surface area contributed by atoms with Gasteiger partial charge in [0, 0.05) is 31.2 Å². The SMILES string of the molecule is O=C(c1ccccc1)N1C[C@H]2CC[C@@H](C1)N(S(=O)(=O)c1ccccc1)C2. The summed E-state index contributed by atoms with van der Waals surface area (Å²) >= 11 is 0. The van der Waals surface area contributed by atoms with Crippen LogP contribution in [-0.4, -0.2) is 49.2 Å². The largest absolute Gasteiger partial charge is 0.337 e. The molecule has 2 atom stereocenters. The van der Waals surface area contributed by atoms with Gasteiger partial charge in [-0.05, 0) is 43.0 Å². The van der Waals surface area contributed by atoms with E-state index in [0.29, 0.717) is 30.1 Å². The average Bonchev–Trinajstić information content (AvgIpc) is 3.01. The fraction of sp³-hybridized carbons (Fsp3) is 0.350. The van der Waals surface area contributed by atoms with Crippen LogP contribution in [0.1, 0.15) is 23.2 Å². The smallest absolute Gasteiger partial charge is 0.253 e. The summed E-state index contributed by atoms with van der Waals surface area (Å²) in [6.07, 6.45) is 1.76. The maximum atomic E-state index is 13.1. The predicted octanol–water partition coefficient (Wildman–Crippen LogP) is 2.61. The Labute approximate surface area is 154 Å². The van der Waals surface area contributed by atoms with Crippen molar-refractivity contribution >= 4 is 15.9 Å². The number of rotatable bonds is 3. The van der Waals surface area contributed by atoms with Crippen molar-refractivity contribution in [3.05, 3.63) is 66.2 Å². The normalized spacial score (nSPS) is 23.6. The zero-order valence-corrected chi connectivity index (χ0v) is 15.3. The van der Waals surface area contributed by atoms with Crippen LogP contribution >= 0.6 is 0 Å². The molecule has 0 aliphatic carbocycles. The Morgan fingerprint density at radius 1 is 0.846 bits per heavy atom. The summed E-state index contributed by atoms with van der Waals surface area (Å²) in [5, 5.41) is 0. The minimum atomic E-state index is -3.53. The number of carbonyl (C=O) groups is 1. The lowest BCUT2D eigenvalue weighted by Gasteiger charge is -2.34. The first kappa shape index (κ1) is 17.2. The van der Waals surface area contributed by atoms with Crippen molar-refractivity contribution < 1.29 is 13.2 Å². The molecular formula is C20H22N2O3S. The topological polar surface area (TPSA) is 57.7 Å². The second-order valence-electron chi connectivity index (χ2n) is 7.06. The highest BCUT2D eigenvalue weighted by Crippen LogP contribution is 2.32. The standard InChI is InChI=1S/C20H22N2O3S/c23-20(17-7-3-1-4-8-17)21-13-16-11-12-18(15-21)22(14-16)26(24,25)19-9-5-2-6-10-19/h1-10,16,18H,11-15H2/t16-,18+/m1/s1. The van der Waals surface area contributed by atoms with E-state index >= 15 is 0 Å². The third-order valence-corrected chi connectivity index (χ3v) is 7.25. The molecule has 2 bridgehead atoms. The van der Waals surface area contributed by atoms with E-state index in [1.165, 1.54) is 0 Å². The van der Waals surface area contributed by atoms with Crippen LogP contribution in [0.25, 0.3) is 0 Å². The summed E-state index contributed by atoms with van der Waals surface area (Å²) in [6.45, 7) is 1.56. The number of piperidine rings is 1. The van der Waals surface area contributed by atoms with E-state index in [2.05, 4.69) is 0 Å². The third kappa shape index (κ3) is 3.15.